The van der Waals surface area contributed by atoms with Gasteiger partial charge in [-0.05, 0) is 94.5 Å². The second-order valence-electron chi connectivity index (χ2n) is 32.5. The topological polar surface area (TPSA) is 522 Å². The lowest BCUT2D eigenvalue weighted by atomic mass is 9.99. The number of rotatable bonds is 23. The lowest BCUT2D eigenvalue weighted by Crippen LogP contribution is -2.61. The maximum absolute atomic E-state index is 15.5. The molecule has 1 saturated heterocycles. The third-order valence-corrected chi connectivity index (χ3v) is 22.5. The molecule has 7 aromatic rings. The van der Waals surface area contributed by atoms with Crippen LogP contribution in [0.2, 0.25) is 0 Å². The van der Waals surface area contributed by atoms with Crippen LogP contribution in [-0.2, 0) is 115 Å². The molecule has 1 fully saturated rings. The number of thioether (sulfide) groups is 1. The number of primary amides is 1. The van der Waals surface area contributed by atoms with E-state index in [9.17, 15) is 63.3 Å². The number of nitrogens with two attached hydrogens (primary N) is 1. The molecule has 8 rings (SSSR count). The molecule has 3 heterocycles. The van der Waals surface area contributed by atoms with Crippen LogP contribution in [0, 0.1) is 11.8 Å². The van der Waals surface area contributed by atoms with Crippen molar-refractivity contribution in [2.24, 2.45) is 17.6 Å². The van der Waals surface area contributed by atoms with Crippen molar-refractivity contribution in [2.75, 3.05) is 59.3 Å². The van der Waals surface area contributed by atoms with Crippen LogP contribution in [0.25, 0.3) is 10.9 Å². The Morgan fingerprint density at radius 3 is 1.52 bits per heavy atom. The number of nitrogens with one attached hydrogen (secondary N) is 11. The molecule has 37 heteroatoms. The summed E-state index contributed by atoms with van der Waals surface area (Å²) in [5.41, 5.74) is 8.95. The van der Waals surface area contributed by atoms with Crippen molar-refractivity contribution in [3.8, 4) is 11.5 Å². The molecule has 2 aromatic heterocycles. The van der Waals surface area contributed by atoms with Crippen molar-refractivity contribution < 1.29 is 92.0 Å². The Labute approximate surface area is 745 Å². The predicted octanol–water partition coefficient (Wildman–Crippen LogP) is 1.38. The Balaban J connectivity index is 1.20. The maximum Gasteiger partial charge on any atom is 0.305 e. The zero-order valence-corrected chi connectivity index (χ0v) is 73.8. The van der Waals surface area contributed by atoms with Gasteiger partial charge in [0.1, 0.15) is 78.0 Å². The van der Waals surface area contributed by atoms with E-state index in [1.54, 1.807) is 117 Å². The summed E-state index contributed by atoms with van der Waals surface area (Å²) in [6, 6.07) is 21.7. The normalized spacial score (nSPS) is 21.9. The number of nitrogens with zero attached hydrogens (tertiary/aromatic N) is 5. The van der Waals surface area contributed by atoms with Gasteiger partial charge in [0, 0.05) is 102 Å². The lowest BCUT2D eigenvalue weighted by Gasteiger charge is -2.37. The summed E-state index contributed by atoms with van der Waals surface area (Å²) in [5.74, 6) is -17.7. The Kier molecular flexibility index (Phi) is 37.9. The number of hydrogen-bond donors (Lipinski definition) is 15. The molecular weight excluding hydrogens is 1670 g/mol. The van der Waals surface area contributed by atoms with E-state index in [1.807, 2.05) is 6.92 Å². The highest BCUT2D eigenvalue weighted by atomic mass is 32.2. The predicted molar refractivity (Wildman–Crippen MR) is 475 cm³/mol. The molecule has 1 aliphatic heterocycles. The SMILES string of the molecule is CCCC[C@H]1C(=O)N(C)CC(=O)N[C@@H](CC(=O)O)C(=O)N[C@@H](C(C)C)C(=O)N[C@@H](Cc2cccnc2)C(=O)N[C@@H](Cc2ccc(O)cc2)C(=O)N(C)CC(=O)N[C@@H](Cc2c[nH]c3ccccc23)C(=O)N[C@@H](Cc2ccc(O)cc2)C(=O)N[C@@H](CC(C)C)C(=O)N[C@H](C(=O)NCC(N)=O)CSCC(=O)N[C@@H](Cc2ccccc2)C(=O)N(C)C(Cc2ccccc2)C(=O)N1C. The van der Waals surface area contributed by atoms with Crippen molar-refractivity contribution in [1.82, 2.24) is 82.7 Å². The number of unbranched alkanes of at least 4 members (excludes halogenated alkanes) is 1. The van der Waals surface area contributed by atoms with Crippen LogP contribution in [-0.4, -0.2) is 265 Å². The smallest absolute Gasteiger partial charge is 0.305 e. The van der Waals surface area contributed by atoms with Crippen LogP contribution in [0.4, 0.5) is 0 Å². The molecule has 15 amide bonds. The van der Waals surface area contributed by atoms with Crippen LogP contribution in [0.3, 0.4) is 0 Å². The molecule has 5 aromatic carbocycles. The van der Waals surface area contributed by atoms with Crippen LogP contribution in [0.5, 0.6) is 11.5 Å². The number of aromatic amines is 1. The summed E-state index contributed by atoms with van der Waals surface area (Å²) < 4.78 is 0. The number of hydrogen-bond acceptors (Lipinski definition) is 20. The van der Waals surface area contributed by atoms with Crippen molar-refractivity contribution in [1.29, 1.82) is 0 Å². The molecule has 128 heavy (non-hydrogen) atoms. The van der Waals surface area contributed by atoms with Crippen LogP contribution in [0.15, 0.2) is 164 Å². The van der Waals surface area contributed by atoms with Gasteiger partial charge in [0.25, 0.3) is 0 Å². The number of H-pyrrole nitrogens is 1. The fraction of sp³-hybridized carbons (Fsp3) is 0.418. The number of phenols is 2. The summed E-state index contributed by atoms with van der Waals surface area (Å²) in [6.45, 7) is 6.08. The third kappa shape index (κ3) is 30.6. The number of aromatic hydroxyl groups is 2. The number of benzene rings is 5. The fourth-order valence-corrected chi connectivity index (χ4v) is 15.4. The Morgan fingerprint density at radius 2 is 0.961 bits per heavy atom. The Morgan fingerprint density at radius 1 is 0.492 bits per heavy atom. The van der Waals surface area contributed by atoms with Crippen molar-refractivity contribution in [3.05, 3.63) is 198 Å². The highest BCUT2D eigenvalue weighted by Gasteiger charge is 2.41. The molecular formula is C91H115N17O19S. The highest BCUT2D eigenvalue weighted by Crippen LogP contribution is 2.24. The number of carboxylic acid groups (broad SMARTS) is 1. The van der Waals surface area contributed by atoms with Gasteiger partial charge >= 0.3 is 5.97 Å². The first-order chi connectivity index (χ1) is 60.9. The molecule has 1 unspecified atom stereocenters. The van der Waals surface area contributed by atoms with E-state index in [0.717, 1.165) is 31.4 Å². The van der Waals surface area contributed by atoms with Gasteiger partial charge in [0.15, 0.2) is 0 Å². The minimum Gasteiger partial charge on any atom is -0.508 e. The van der Waals surface area contributed by atoms with Gasteiger partial charge in [-0.15, -0.1) is 11.8 Å². The first-order valence-electron chi connectivity index (χ1n) is 42.1. The zero-order chi connectivity index (χ0) is 93.4. The molecule has 0 saturated carbocycles. The fourth-order valence-electron chi connectivity index (χ4n) is 14.6. The van der Waals surface area contributed by atoms with Gasteiger partial charge in [0.2, 0.25) is 88.6 Å². The van der Waals surface area contributed by atoms with Crippen molar-refractivity contribution in [2.45, 2.75) is 172 Å². The van der Waals surface area contributed by atoms with E-state index in [0.29, 0.717) is 57.1 Å². The van der Waals surface area contributed by atoms with E-state index in [-0.39, 0.29) is 74.5 Å². The summed E-state index contributed by atoms with van der Waals surface area (Å²) in [5, 5.41) is 58.0. The number of pyridine rings is 1. The zero-order valence-electron chi connectivity index (χ0n) is 73.0. The largest absolute Gasteiger partial charge is 0.508 e. The van der Waals surface area contributed by atoms with Crippen LogP contribution < -0.4 is 58.9 Å². The average Bonchev–Trinajstić information content (AvgIpc) is 1.75. The first kappa shape index (κ1) is 99.7. The summed E-state index contributed by atoms with van der Waals surface area (Å²) >= 11 is 0.827. The minimum absolute atomic E-state index is 0.0264. The Bertz CT molecular complexity index is 5030. The molecule has 0 aliphatic carbocycles. The van der Waals surface area contributed by atoms with Gasteiger partial charge in [-0.25, -0.2) is 0 Å². The standard InChI is InChI=1S/C91H115N17O19S/c1-10-11-28-73-90(126)106(7)50-77(113)97-69(45-79(115)116)86(122)104-80(54(4)5)87(123)101-67(42-59-25-20-37-93-46-59)84(120)102-70(41-58-31-35-62(110)36-32-58)88(124)105(6)49-76(112)96-68(44-60-47-94-64-27-19-18-26-63(60)64)85(121)100-66(39-57-29-33-61(109)34-30-57)83(119)99-65(38-53(2)3)82(118)103-72(81(117)95-48-75(92)111)51-128-52-78(114)98-71(40-55-21-14-12-15-22-55)89(125)108(9)74(91(127)107(73)8)43-56-23-16-13-17-24-56/h12-27,29-37,46-47,53-54,65-74,80,94,109-110H,10-11,28,38-45,48-52H2,1-9H3,(H2,92,111)(H,95,117)(H,96,112)(H,97,113)(H,98,114)(H,99,119)(H,100,121)(H,101,123)(H,102,120)(H,103,118)(H,104,122)(H,115,116)/t65-,66-,67-,68-,69-,70-,71-,72-,73-,74?,80-/m0/s1. The van der Waals surface area contributed by atoms with Gasteiger partial charge < -0.3 is 98.8 Å². The average molecular weight is 1780 g/mol. The first-order valence-corrected chi connectivity index (χ1v) is 43.3. The molecule has 0 radical (unpaired) electrons. The molecule has 1 aliphatic rings. The van der Waals surface area contributed by atoms with Crippen LogP contribution in [0.1, 0.15) is 100 Å². The molecule has 0 bridgehead atoms. The number of carbonyl (C=O) groups excluding carboxylic acids is 15. The van der Waals surface area contributed by atoms with Crippen molar-refractivity contribution >= 4 is 117 Å². The van der Waals surface area contributed by atoms with E-state index in [4.69, 9.17) is 5.73 Å². The van der Waals surface area contributed by atoms with Gasteiger partial charge in [-0.2, -0.15) is 0 Å². The van der Waals surface area contributed by atoms with Gasteiger partial charge in [-0.1, -0.05) is 157 Å². The minimum atomic E-state index is -1.91. The molecule has 11 atom stereocenters. The number of aromatic nitrogens is 2. The van der Waals surface area contributed by atoms with E-state index < -0.39 is 199 Å². The van der Waals surface area contributed by atoms with E-state index in [2.05, 4.69) is 63.1 Å². The molecule has 36 nitrogen and oxygen atoms in total. The van der Waals surface area contributed by atoms with Crippen LogP contribution >= 0.6 is 11.8 Å². The maximum atomic E-state index is 15.5. The Hall–Kier alpha value is -13.7. The monoisotopic (exact) mass is 1780 g/mol. The number of carbonyl (C=O) groups is 16. The number of para-hydroxylation sites is 1. The summed E-state index contributed by atoms with van der Waals surface area (Å²) in [4.78, 5) is 245. The third-order valence-electron chi connectivity index (χ3n) is 21.5. The number of phenolic OH excluding ortho intramolecular Hbond substituents is 2. The lowest BCUT2D eigenvalue weighted by molar-refractivity contribution is -0.151. The second-order valence-corrected chi connectivity index (χ2v) is 33.6. The van der Waals surface area contributed by atoms with E-state index in [1.165, 1.54) is 103 Å². The van der Waals surface area contributed by atoms with Crippen molar-refractivity contribution in [3.63, 3.8) is 0 Å². The molecule has 684 valence electrons. The number of amides is 15. The summed E-state index contributed by atoms with van der Waals surface area (Å²) in [7, 11) is 5.22. The number of carboxylic acids is 1. The molecule has 0 spiro atoms. The van der Waals surface area contributed by atoms with Gasteiger partial charge in [-0.3, -0.25) is 81.7 Å². The number of fused-ring (bicyclic) bond motifs is 1. The van der Waals surface area contributed by atoms with E-state index >= 15 is 28.8 Å². The second kappa shape index (κ2) is 48.7. The number of likely N-dealkylation sites (N-methyl/N-ethyl adjacent to an activating group) is 4. The highest BCUT2D eigenvalue weighted by molar-refractivity contribution is 8.00. The summed E-state index contributed by atoms with van der Waals surface area (Å²) in [6.07, 6.45) is 2.82. The molecule has 16 N–H and O–H groups in total. The number of aliphatic carboxylic acids is 1. The van der Waals surface area contributed by atoms with Gasteiger partial charge in [0.05, 0.1) is 31.8 Å². The quantitative estimate of drug-likeness (QED) is 0.0430.